The quantitative estimate of drug-likeness (QED) is 0.646. The highest BCUT2D eigenvalue weighted by Gasteiger charge is 2.01. The van der Waals surface area contributed by atoms with Crippen molar-refractivity contribution < 1.29 is 9.94 Å². The summed E-state index contributed by atoms with van der Waals surface area (Å²) in [6, 6.07) is 5.17. The van der Waals surface area contributed by atoms with Crippen LogP contribution in [-0.2, 0) is 0 Å². The maximum Gasteiger partial charge on any atom is 0.213 e. The number of fused-ring (bicyclic) bond motifs is 1. The monoisotopic (exact) mass is 164 g/mol. The summed E-state index contributed by atoms with van der Waals surface area (Å²) in [5.41, 5.74) is 1.40. The van der Waals surface area contributed by atoms with E-state index in [0.29, 0.717) is 11.4 Å². The van der Waals surface area contributed by atoms with Crippen molar-refractivity contribution in [2.75, 3.05) is 7.11 Å². The highest BCUT2D eigenvalue weighted by molar-refractivity contribution is 5.75. The summed E-state index contributed by atoms with van der Waals surface area (Å²) < 4.78 is 5.96. The minimum absolute atomic E-state index is 0.550. The van der Waals surface area contributed by atoms with Crippen molar-refractivity contribution in [1.82, 2.24) is 9.71 Å². The van der Waals surface area contributed by atoms with Crippen LogP contribution >= 0.6 is 0 Å². The first-order chi connectivity index (χ1) is 5.81. The Labute approximate surface area is 69.0 Å². The number of aromatic nitrogens is 2. The van der Waals surface area contributed by atoms with Gasteiger partial charge in [0.2, 0.25) is 5.88 Å². The van der Waals surface area contributed by atoms with Crippen molar-refractivity contribution in [3.8, 4) is 5.88 Å². The molecule has 0 bridgehead atoms. The average Bonchev–Trinajstić information content (AvgIpc) is 2.47. The molecular weight excluding hydrogens is 156 g/mol. The third kappa shape index (κ3) is 0.887. The molecule has 2 heterocycles. The lowest BCUT2D eigenvalue weighted by atomic mass is 10.4. The van der Waals surface area contributed by atoms with Gasteiger partial charge in [-0.15, -0.1) is 0 Å². The van der Waals surface area contributed by atoms with E-state index < -0.39 is 0 Å². The molecule has 2 aromatic rings. The molecule has 0 radical (unpaired) electrons. The molecule has 2 aromatic heterocycles. The second-order valence-corrected chi connectivity index (χ2v) is 2.42. The third-order valence-corrected chi connectivity index (χ3v) is 1.71. The fraction of sp³-hybridized carbons (Fsp3) is 0.125. The second kappa shape index (κ2) is 2.41. The van der Waals surface area contributed by atoms with Gasteiger partial charge in [0.25, 0.3) is 0 Å². The third-order valence-electron chi connectivity index (χ3n) is 1.71. The molecule has 0 spiro atoms. The minimum atomic E-state index is 0.550. The van der Waals surface area contributed by atoms with Crippen LogP contribution in [-0.4, -0.2) is 22.0 Å². The molecule has 0 atom stereocenters. The molecule has 0 fully saturated rings. The zero-order chi connectivity index (χ0) is 8.55. The molecule has 0 unspecified atom stereocenters. The highest BCUT2D eigenvalue weighted by atomic mass is 16.5. The normalized spacial score (nSPS) is 10.4. The molecule has 0 aliphatic carbocycles. The van der Waals surface area contributed by atoms with Crippen LogP contribution in [0.2, 0.25) is 0 Å². The summed E-state index contributed by atoms with van der Waals surface area (Å²) in [6.07, 6.45) is 1.54. The molecule has 0 aliphatic rings. The Morgan fingerprint density at radius 2 is 2.25 bits per heavy atom. The first-order valence-corrected chi connectivity index (χ1v) is 3.52. The van der Waals surface area contributed by atoms with E-state index in [1.54, 1.807) is 25.3 Å². The number of ether oxygens (including phenoxy) is 1. The highest BCUT2D eigenvalue weighted by Crippen LogP contribution is 2.15. The average molecular weight is 164 g/mol. The van der Waals surface area contributed by atoms with Gasteiger partial charge in [0.15, 0.2) is 0 Å². The zero-order valence-corrected chi connectivity index (χ0v) is 6.56. The van der Waals surface area contributed by atoms with Crippen molar-refractivity contribution in [1.29, 1.82) is 0 Å². The summed E-state index contributed by atoms with van der Waals surface area (Å²) in [6.45, 7) is 0. The van der Waals surface area contributed by atoms with Gasteiger partial charge in [0.1, 0.15) is 5.52 Å². The number of nitrogens with zero attached hydrogens (tertiary/aromatic N) is 2. The van der Waals surface area contributed by atoms with Crippen LogP contribution in [0, 0.1) is 0 Å². The molecular formula is C8H8N2O2. The molecule has 0 aromatic carbocycles. The lowest BCUT2D eigenvalue weighted by Gasteiger charge is -1.97. The predicted molar refractivity (Wildman–Crippen MR) is 43.5 cm³/mol. The van der Waals surface area contributed by atoms with Crippen molar-refractivity contribution in [3.05, 3.63) is 24.4 Å². The standard InChI is InChI=1S/C8H8N2O2/c1-12-8-3-2-7-6(9-8)4-5-10(7)11/h2-5,11H,1H3. The lowest BCUT2D eigenvalue weighted by molar-refractivity contribution is 0.200. The van der Waals surface area contributed by atoms with Gasteiger partial charge in [-0.2, -0.15) is 4.73 Å². The molecule has 1 N–H and O–H groups in total. The summed E-state index contributed by atoms with van der Waals surface area (Å²) in [5, 5.41) is 9.21. The number of methoxy groups -OCH3 is 1. The number of hydrogen-bond donors (Lipinski definition) is 1. The second-order valence-electron chi connectivity index (χ2n) is 2.42. The van der Waals surface area contributed by atoms with E-state index in [9.17, 15) is 5.21 Å². The van der Waals surface area contributed by atoms with Crippen LogP contribution in [0.15, 0.2) is 24.4 Å². The van der Waals surface area contributed by atoms with Gasteiger partial charge >= 0.3 is 0 Å². The molecule has 0 saturated carbocycles. The molecule has 0 amide bonds. The van der Waals surface area contributed by atoms with Gasteiger partial charge in [-0.25, -0.2) is 4.98 Å². The Bertz CT molecular complexity index is 408. The largest absolute Gasteiger partial charge is 0.481 e. The fourth-order valence-corrected chi connectivity index (χ4v) is 1.10. The first-order valence-electron chi connectivity index (χ1n) is 3.52. The van der Waals surface area contributed by atoms with E-state index >= 15 is 0 Å². The van der Waals surface area contributed by atoms with E-state index in [4.69, 9.17) is 4.74 Å². The molecule has 4 nitrogen and oxygen atoms in total. The summed E-state index contributed by atoms with van der Waals surface area (Å²) in [7, 11) is 1.56. The Morgan fingerprint density at radius 3 is 3.00 bits per heavy atom. The lowest BCUT2D eigenvalue weighted by Crippen LogP contribution is -1.89. The number of pyridine rings is 1. The van der Waals surface area contributed by atoms with Crippen LogP contribution in [0.4, 0.5) is 0 Å². The Kier molecular flexibility index (Phi) is 1.40. The van der Waals surface area contributed by atoms with Gasteiger partial charge < -0.3 is 9.94 Å². The van der Waals surface area contributed by atoms with Gasteiger partial charge in [0, 0.05) is 12.3 Å². The maximum atomic E-state index is 9.21. The molecule has 62 valence electrons. The van der Waals surface area contributed by atoms with Gasteiger partial charge in [0.05, 0.1) is 12.6 Å². The van der Waals surface area contributed by atoms with E-state index in [1.807, 2.05) is 0 Å². The van der Waals surface area contributed by atoms with Crippen LogP contribution in [0.5, 0.6) is 5.88 Å². The Hall–Kier alpha value is -1.71. The van der Waals surface area contributed by atoms with Crippen molar-refractivity contribution in [2.24, 2.45) is 0 Å². The summed E-state index contributed by atoms with van der Waals surface area (Å²) >= 11 is 0. The van der Waals surface area contributed by atoms with E-state index in [-0.39, 0.29) is 0 Å². The first kappa shape index (κ1) is 6.97. The van der Waals surface area contributed by atoms with Gasteiger partial charge in [-0.1, -0.05) is 0 Å². The molecule has 0 aliphatic heterocycles. The molecule has 0 saturated heterocycles. The predicted octanol–water partition coefficient (Wildman–Crippen LogP) is 1.28. The van der Waals surface area contributed by atoms with E-state index in [1.165, 1.54) is 6.20 Å². The molecule has 4 heteroatoms. The zero-order valence-electron chi connectivity index (χ0n) is 6.56. The van der Waals surface area contributed by atoms with Crippen molar-refractivity contribution in [3.63, 3.8) is 0 Å². The van der Waals surface area contributed by atoms with Crippen LogP contribution in [0.1, 0.15) is 0 Å². The summed E-state index contributed by atoms with van der Waals surface area (Å²) in [4.78, 5) is 4.11. The van der Waals surface area contributed by atoms with Crippen LogP contribution in [0.3, 0.4) is 0 Å². The van der Waals surface area contributed by atoms with E-state index in [2.05, 4.69) is 4.98 Å². The fourth-order valence-electron chi connectivity index (χ4n) is 1.10. The van der Waals surface area contributed by atoms with E-state index in [0.717, 1.165) is 10.2 Å². The van der Waals surface area contributed by atoms with Gasteiger partial charge in [-0.3, -0.25) is 0 Å². The van der Waals surface area contributed by atoms with Crippen LogP contribution < -0.4 is 4.74 Å². The maximum absolute atomic E-state index is 9.21. The number of hydrogen-bond acceptors (Lipinski definition) is 3. The molecule has 2 rings (SSSR count). The minimum Gasteiger partial charge on any atom is -0.481 e. The van der Waals surface area contributed by atoms with Crippen molar-refractivity contribution in [2.45, 2.75) is 0 Å². The van der Waals surface area contributed by atoms with Crippen LogP contribution in [0.25, 0.3) is 11.0 Å². The number of rotatable bonds is 1. The van der Waals surface area contributed by atoms with Gasteiger partial charge in [-0.05, 0) is 12.1 Å². The Morgan fingerprint density at radius 1 is 1.42 bits per heavy atom. The van der Waals surface area contributed by atoms with Crippen molar-refractivity contribution >= 4 is 11.0 Å². The Balaban J connectivity index is 2.69. The molecule has 12 heavy (non-hydrogen) atoms. The smallest absolute Gasteiger partial charge is 0.213 e. The summed E-state index contributed by atoms with van der Waals surface area (Å²) in [5.74, 6) is 0.550. The SMILES string of the molecule is COc1ccc2c(ccn2O)n1. The topological polar surface area (TPSA) is 47.3 Å².